The minimum Gasteiger partial charge on any atom is -0.494 e. The molecule has 1 atom stereocenters. The van der Waals surface area contributed by atoms with Gasteiger partial charge in [-0.15, -0.1) is 0 Å². The number of rotatable bonds is 6. The molecule has 0 aromatic heterocycles. The Kier molecular flexibility index (Phi) is 5.23. The van der Waals surface area contributed by atoms with Crippen molar-refractivity contribution < 1.29 is 9.47 Å². The summed E-state index contributed by atoms with van der Waals surface area (Å²) in [5.41, 5.74) is 9.61. The van der Waals surface area contributed by atoms with Crippen LogP contribution >= 0.6 is 0 Å². The van der Waals surface area contributed by atoms with Gasteiger partial charge in [0, 0.05) is 5.56 Å². The van der Waals surface area contributed by atoms with Crippen molar-refractivity contribution in [2.45, 2.75) is 26.8 Å². The highest BCUT2D eigenvalue weighted by molar-refractivity contribution is 5.39. The predicted octanol–water partition coefficient (Wildman–Crippen LogP) is 3.78. The third kappa shape index (κ3) is 3.76. The van der Waals surface area contributed by atoms with Crippen LogP contribution in [0.5, 0.6) is 11.5 Å². The Balaban J connectivity index is 2.08. The fourth-order valence-corrected chi connectivity index (χ4v) is 2.22. The van der Waals surface area contributed by atoms with E-state index < -0.39 is 0 Å². The van der Waals surface area contributed by atoms with Gasteiger partial charge in [-0.2, -0.15) is 0 Å². The molecule has 0 saturated heterocycles. The molecule has 2 aromatic rings. The summed E-state index contributed by atoms with van der Waals surface area (Å²) in [5, 5.41) is 0. The van der Waals surface area contributed by atoms with E-state index in [1.165, 1.54) is 5.56 Å². The van der Waals surface area contributed by atoms with E-state index in [1.54, 1.807) is 0 Å². The molecule has 0 aliphatic carbocycles. The molecule has 0 aliphatic heterocycles. The Bertz CT molecular complexity index is 596. The first-order valence-corrected chi connectivity index (χ1v) is 7.29. The Labute approximate surface area is 126 Å². The highest BCUT2D eigenvalue weighted by atomic mass is 16.5. The maximum Gasteiger partial charge on any atom is 0.124 e. The first kappa shape index (κ1) is 15.4. The number of ether oxygens (including phenoxy) is 2. The van der Waals surface area contributed by atoms with Crippen LogP contribution in [0.4, 0.5) is 0 Å². The molecule has 0 amide bonds. The first-order chi connectivity index (χ1) is 10.1. The minimum absolute atomic E-state index is 0.215. The molecule has 0 aliphatic rings. The van der Waals surface area contributed by atoms with Crippen LogP contribution in [0.25, 0.3) is 0 Å². The highest BCUT2D eigenvalue weighted by Gasteiger charge is 2.13. The van der Waals surface area contributed by atoms with E-state index in [0.29, 0.717) is 13.2 Å². The van der Waals surface area contributed by atoms with Crippen molar-refractivity contribution >= 4 is 0 Å². The molecular formula is C18H23NO2. The monoisotopic (exact) mass is 285 g/mol. The maximum absolute atomic E-state index is 6.26. The van der Waals surface area contributed by atoms with Gasteiger partial charge in [0.1, 0.15) is 18.1 Å². The van der Waals surface area contributed by atoms with Crippen LogP contribution in [-0.4, -0.2) is 13.2 Å². The molecule has 0 bridgehead atoms. The normalized spacial score (nSPS) is 12.0. The molecule has 0 radical (unpaired) electrons. The average Bonchev–Trinajstić information content (AvgIpc) is 2.49. The van der Waals surface area contributed by atoms with Crippen LogP contribution in [-0.2, 0) is 0 Å². The smallest absolute Gasteiger partial charge is 0.124 e. The van der Waals surface area contributed by atoms with Crippen molar-refractivity contribution in [3.63, 3.8) is 0 Å². The van der Waals surface area contributed by atoms with Gasteiger partial charge in [-0.1, -0.05) is 30.3 Å². The van der Waals surface area contributed by atoms with E-state index >= 15 is 0 Å². The van der Waals surface area contributed by atoms with E-state index in [-0.39, 0.29) is 6.04 Å². The average molecular weight is 285 g/mol. The molecule has 3 nitrogen and oxygen atoms in total. The van der Waals surface area contributed by atoms with Crippen LogP contribution in [0.15, 0.2) is 42.5 Å². The number of hydrogen-bond acceptors (Lipinski definition) is 3. The van der Waals surface area contributed by atoms with Crippen molar-refractivity contribution in [3.05, 3.63) is 59.2 Å². The van der Waals surface area contributed by atoms with Crippen LogP contribution in [0.1, 0.15) is 29.7 Å². The number of aryl methyl sites for hydroxylation is 1. The number of nitrogens with two attached hydrogens (primary N) is 1. The van der Waals surface area contributed by atoms with E-state index in [4.69, 9.17) is 15.2 Å². The summed E-state index contributed by atoms with van der Waals surface area (Å²) >= 11 is 0. The Morgan fingerprint density at radius 1 is 0.952 bits per heavy atom. The van der Waals surface area contributed by atoms with E-state index in [9.17, 15) is 0 Å². The van der Waals surface area contributed by atoms with Crippen LogP contribution in [0.2, 0.25) is 0 Å². The maximum atomic E-state index is 6.26. The number of benzene rings is 2. The molecule has 0 fully saturated rings. The first-order valence-electron chi connectivity index (χ1n) is 7.29. The van der Waals surface area contributed by atoms with Gasteiger partial charge < -0.3 is 15.2 Å². The summed E-state index contributed by atoms with van der Waals surface area (Å²) in [7, 11) is 0. The van der Waals surface area contributed by atoms with Gasteiger partial charge >= 0.3 is 0 Å². The quantitative estimate of drug-likeness (QED) is 0.878. The molecule has 112 valence electrons. The zero-order valence-corrected chi connectivity index (χ0v) is 12.9. The van der Waals surface area contributed by atoms with Crippen molar-refractivity contribution in [1.29, 1.82) is 0 Å². The Morgan fingerprint density at radius 3 is 2.43 bits per heavy atom. The van der Waals surface area contributed by atoms with Gasteiger partial charge in [0.2, 0.25) is 0 Å². The standard InChI is InChI=1S/C18H23NO2/c1-4-20-18-10-6-5-9-15(18)16(19)12-21-17-11-7-8-13(2)14(17)3/h5-11,16H,4,12,19H2,1-3H3. The van der Waals surface area contributed by atoms with Crippen molar-refractivity contribution in [2.24, 2.45) is 5.73 Å². The molecule has 1 unspecified atom stereocenters. The summed E-state index contributed by atoms with van der Waals surface area (Å²) in [6.07, 6.45) is 0. The lowest BCUT2D eigenvalue weighted by Gasteiger charge is -2.18. The molecule has 2 N–H and O–H groups in total. The number of para-hydroxylation sites is 1. The number of hydrogen-bond donors (Lipinski definition) is 1. The van der Waals surface area contributed by atoms with Crippen LogP contribution < -0.4 is 15.2 Å². The van der Waals surface area contributed by atoms with Gasteiger partial charge in [0.15, 0.2) is 0 Å². The molecule has 3 heteroatoms. The minimum atomic E-state index is -0.215. The summed E-state index contributed by atoms with van der Waals surface area (Å²) < 4.78 is 11.5. The molecule has 21 heavy (non-hydrogen) atoms. The zero-order chi connectivity index (χ0) is 15.2. The molecule has 2 rings (SSSR count). The topological polar surface area (TPSA) is 44.5 Å². The van der Waals surface area contributed by atoms with E-state index in [0.717, 1.165) is 22.6 Å². The highest BCUT2D eigenvalue weighted by Crippen LogP contribution is 2.26. The van der Waals surface area contributed by atoms with Gasteiger partial charge in [-0.3, -0.25) is 0 Å². The van der Waals surface area contributed by atoms with Crippen LogP contribution in [0.3, 0.4) is 0 Å². The predicted molar refractivity (Wildman–Crippen MR) is 86.0 cm³/mol. The van der Waals surface area contributed by atoms with Crippen molar-refractivity contribution in [1.82, 2.24) is 0 Å². The second kappa shape index (κ2) is 7.14. The zero-order valence-electron chi connectivity index (χ0n) is 12.9. The molecule has 0 spiro atoms. The fourth-order valence-electron chi connectivity index (χ4n) is 2.22. The van der Waals surface area contributed by atoms with Crippen molar-refractivity contribution in [3.8, 4) is 11.5 Å². The SMILES string of the molecule is CCOc1ccccc1C(N)COc1cccc(C)c1C. The third-order valence-corrected chi connectivity index (χ3v) is 3.59. The van der Waals surface area contributed by atoms with Crippen molar-refractivity contribution in [2.75, 3.05) is 13.2 Å². The molecular weight excluding hydrogens is 262 g/mol. The van der Waals surface area contributed by atoms with E-state index in [2.05, 4.69) is 19.9 Å². The second-order valence-electron chi connectivity index (χ2n) is 5.09. The second-order valence-corrected chi connectivity index (χ2v) is 5.09. The van der Waals surface area contributed by atoms with Gasteiger partial charge in [-0.05, 0) is 44.0 Å². The Morgan fingerprint density at radius 2 is 1.67 bits per heavy atom. The lowest BCUT2D eigenvalue weighted by Crippen LogP contribution is -2.20. The summed E-state index contributed by atoms with van der Waals surface area (Å²) in [4.78, 5) is 0. The molecule has 0 saturated carbocycles. The Hall–Kier alpha value is -2.00. The van der Waals surface area contributed by atoms with Crippen LogP contribution in [0, 0.1) is 13.8 Å². The third-order valence-electron chi connectivity index (χ3n) is 3.59. The lowest BCUT2D eigenvalue weighted by molar-refractivity contribution is 0.280. The summed E-state index contributed by atoms with van der Waals surface area (Å²) in [5.74, 6) is 1.72. The summed E-state index contributed by atoms with van der Waals surface area (Å²) in [6.45, 7) is 7.15. The summed E-state index contributed by atoms with van der Waals surface area (Å²) in [6, 6.07) is 13.7. The fraction of sp³-hybridized carbons (Fsp3) is 0.333. The lowest BCUT2D eigenvalue weighted by atomic mass is 10.1. The van der Waals surface area contributed by atoms with Gasteiger partial charge in [-0.25, -0.2) is 0 Å². The van der Waals surface area contributed by atoms with Gasteiger partial charge in [0.05, 0.1) is 12.6 Å². The van der Waals surface area contributed by atoms with Gasteiger partial charge in [0.25, 0.3) is 0 Å². The largest absolute Gasteiger partial charge is 0.494 e. The van der Waals surface area contributed by atoms with E-state index in [1.807, 2.05) is 43.3 Å². The molecule has 2 aromatic carbocycles. The molecule has 0 heterocycles.